The van der Waals surface area contributed by atoms with E-state index in [-0.39, 0.29) is 91.3 Å². The third kappa shape index (κ3) is 12.3. The second-order valence-electron chi connectivity index (χ2n) is 19.8. The van der Waals surface area contributed by atoms with Crippen LogP contribution in [0.25, 0.3) is 10.8 Å². The monoisotopic (exact) mass is 1000 g/mol. The zero-order valence-corrected chi connectivity index (χ0v) is 40.9. The van der Waals surface area contributed by atoms with Crippen molar-refractivity contribution in [3.8, 4) is 0 Å². The number of rotatable bonds is 14. The van der Waals surface area contributed by atoms with Gasteiger partial charge in [-0.3, -0.25) is 33.7 Å². The van der Waals surface area contributed by atoms with Crippen molar-refractivity contribution in [2.75, 3.05) is 78.5 Å². The maximum absolute atomic E-state index is 15.2. The topological polar surface area (TPSA) is 171 Å². The summed E-state index contributed by atoms with van der Waals surface area (Å²) in [6.07, 6.45) is 6.59. The van der Waals surface area contributed by atoms with Crippen molar-refractivity contribution in [2.45, 2.75) is 69.9 Å². The van der Waals surface area contributed by atoms with Gasteiger partial charge < -0.3 is 30.2 Å². The van der Waals surface area contributed by atoms with E-state index in [1.54, 1.807) is 49.9 Å². The summed E-state index contributed by atoms with van der Waals surface area (Å²) in [7, 11) is 0. The molecule has 0 bridgehead atoms. The molecule has 5 aromatic rings. The van der Waals surface area contributed by atoms with Crippen LogP contribution in [0.2, 0.25) is 0 Å². The van der Waals surface area contributed by atoms with E-state index >= 15 is 4.39 Å². The van der Waals surface area contributed by atoms with Crippen LogP contribution < -0.4 is 16.2 Å². The van der Waals surface area contributed by atoms with Crippen LogP contribution in [0.5, 0.6) is 0 Å². The van der Waals surface area contributed by atoms with Crippen LogP contribution in [-0.4, -0.2) is 149 Å². The van der Waals surface area contributed by atoms with E-state index in [0.717, 1.165) is 56.6 Å². The molecule has 0 spiro atoms. The summed E-state index contributed by atoms with van der Waals surface area (Å²) in [5.74, 6) is -3.11. The van der Waals surface area contributed by atoms with E-state index in [2.05, 4.69) is 20.8 Å². The quantitative estimate of drug-likeness (QED) is 0.135. The van der Waals surface area contributed by atoms with Gasteiger partial charge in [-0.05, 0) is 79.1 Å². The normalized spacial score (nSPS) is 18.4. The predicted octanol–water partition coefficient (Wildman–Crippen LogP) is 5.23. The highest BCUT2D eigenvalue weighted by atomic mass is 19.1. The molecule has 1 aliphatic carbocycles. The second kappa shape index (κ2) is 23.3. The van der Waals surface area contributed by atoms with Crippen molar-refractivity contribution in [1.82, 2.24) is 45.3 Å². The van der Waals surface area contributed by atoms with Gasteiger partial charge in [0.15, 0.2) is 0 Å². The largest absolute Gasteiger partial charge is 0.341 e. The molecule has 5 amide bonds. The number of H-pyrrole nitrogens is 1. The molecule has 3 aliphatic heterocycles. The molecule has 18 heteroatoms. The van der Waals surface area contributed by atoms with Crippen LogP contribution in [0.3, 0.4) is 0 Å². The van der Waals surface area contributed by atoms with E-state index in [9.17, 15) is 37.5 Å². The summed E-state index contributed by atoms with van der Waals surface area (Å²) in [5.41, 5.74) is 2.54. The Morgan fingerprint density at radius 3 is 2.19 bits per heavy atom. The van der Waals surface area contributed by atoms with E-state index in [1.165, 1.54) is 24.3 Å². The van der Waals surface area contributed by atoms with Gasteiger partial charge in [0.25, 0.3) is 17.4 Å². The van der Waals surface area contributed by atoms with Crippen LogP contribution in [0.15, 0.2) is 89.7 Å². The maximum Gasteiger partial charge on any atom is 0.272 e. The first-order valence-electron chi connectivity index (χ1n) is 25.5. The summed E-state index contributed by atoms with van der Waals surface area (Å²) < 4.78 is 42.6. The number of piperidine rings is 1. The van der Waals surface area contributed by atoms with Crippen LogP contribution in [-0.2, 0) is 27.3 Å². The number of aromatic amines is 1. The van der Waals surface area contributed by atoms with Crippen molar-refractivity contribution < 1.29 is 37.1 Å². The zero-order valence-electron chi connectivity index (χ0n) is 40.9. The molecular weight excluding hydrogens is 940 g/mol. The van der Waals surface area contributed by atoms with Crippen molar-refractivity contribution in [3.63, 3.8) is 0 Å². The molecule has 3 N–H and O–H groups in total. The number of nitrogens with zero attached hydrogens (tertiary/aromatic N) is 6. The molecule has 0 radical (unpaired) electrons. The molecule has 384 valence electrons. The van der Waals surface area contributed by atoms with Gasteiger partial charge in [-0.2, -0.15) is 5.10 Å². The number of amides is 5. The van der Waals surface area contributed by atoms with Gasteiger partial charge in [0.2, 0.25) is 17.7 Å². The first kappa shape index (κ1) is 51.0. The molecule has 1 unspecified atom stereocenters. The molecule has 1 aromatic heterocycles. The lowest BCUT2D eigenvalue weighted by atomic mass is 9.83. The first-order chi connectivity index (χ1) is 35.4. The summed E-state index contributed by atoms with van der Waals surface area (Å²) in [6, 6.07) is 21.6. The molecule has 2 atom stereocenters. The Kier molecular flexibility index (Phi) is 16.3. The molecule has 15 nitrogen and oxygen atoms in total. The minimum atomic E-state index is -0.702. The van der Waals surface area contributed by atoms with Gasteiger partial charge in [0.1, 0.15) is 23.5 Å². The number of fused-ring (bicyclic) bond motifs is 1. The van der Waals surface area contributed by atoms with E-state index in [1.807, 2.05) is 29.2 Å². The Hall–Kier alpha value is -6.92. The lowest BCUT2D eigenvalue weighted by molar-refractivity contribution is -0.138. The maximum atomic E-state index is 15.2. The van der Waals surface area contributed by atoms with E-state index in [0.29, 0.717) is 80.0 Å². The lowest BCUT2D eigenvalue weighted by Crippen LogP contribution is -2.58. The number of benzene rings is 4. The average molecular weight is 1000 g/mol. The van der Waals surface area contributed by atoms with Crippen LogP contribution in [0.1, 0.15) is 94.0 Å². The number of hydrogen-bond donors (Lipinski definition) is 3. The highest BCUT2D eigenvalue weighted by molar-refractivity contribution is 5.98. The number of carbonyl (C=O) groups excluding carboxylic acids is 5. The van der Waals surface area contributed by atoms with E-state index in [4.69, 9.17) is 0 Å². The molecular formula is C55H62F3N9O6. The summed E-state index contributed by atoms with van der Waals surface area (Å²) in [6.45, 7) is 4.13. The molecule has 9 rings (SSSR count). The highest BCUT2D eigenvalue weighted by Gasteiger charge is 2.36. The average Bonchev–Trinajstić information content (AvgIpc) is 3.42. The van der Waals surface area contributed by atoms with Gasteiger partial charge in [-0.1, -0.05) is 61.7 Å². The Labute approximate surface area is 422 Å². The SMILES string of the molecule is O=C(N[C@@H](C(=O)N1CCN(CC(=O)N2CCN(C(=O)c3cc(Cc4n[nH]c(=O)c5ccccc45)ccc3F)CC2)CC1)C1CCCCC1)c1cccc(C2CCCN(C(=O)CNCc3ccc(F)cc3F)C2)c1. The zero-order chi connectivity index (χ0) is 51.0. The van der Waals surface area contributed by atoms with Gasteiger partial charge in [-0.25, -0.2) is 18.3 Å². The van der Waals surface area contributed by atoms with Crippen LogP contribution in [0, 0.1) is 23.4 Å². The summed E-state index contributed by atoms with van der Waals surface area (Å²) in [5, 5.41) is 14.0. The molecule has 4 aliphatic rings. The molecule has 4 heterocycles. The Morgan fingerprint density at radius 1 is 0.685 bits per heavy atom. The number of halogens is 3. The van der Waals surface area contributed by atoms with Gasteiger partial charge in [-0.15, -0.1) is 0 Å². The third-order valence-electron chi connectivity index (χ3n) is 15.0. The molecule has 4 fully saturated rings. The van der Waals surface area contributed by atoms with Crippen molar-refractivity contribution in [1.29, 1.82) is 0 Å². The predicted molar refractivity (Wildman–Crippen MR) is 268 cm³/mol. The number of aromatic nitrogens is 2. The second-order valence-corrected chi connectivity index (χ2v) is 19.8. The minimum Gasteiger partial charge on any atom is -0.341 e. The minimum absolute atomic E-state index is 0.00139. The molecule has 73 heavy (non-hydrogen) atoms. The van der Waals surface area contributed by atoms with Crippen molar-refractivity contribution in [3.05, 3.63) is 146 Å². The van der Waals surface area contributed by atoms with Gasteiger partial charge in [0.05, 0.1) is 29.7 Å². The summed E-state index contributed by atoms with van der Waals surface area (Å²) >= 11 is 0. The number of carbonyl (C=O) groups is 5. The summed E-state index contributed by atoms with van der Waals surface area (Å²) in [4.78, 5) is 90.0. The smallest absolute Gasteiger partial charge is 0.272 e. The Morgan fingerprint density at radius 2 is 1.42 bits per heavy atom. The number of piperazine rings is 2. The fourth-order valence-corrected chi connectivity index (χ4v) is 10.9. The Balaban J connectivity index is 0.748. The van der Waals surface area contributed by atoms with Crippen molar-refractivity contribution >= 4 is 40.3 Å². The van der Waals surface area contributed by atoms with Gasteiger partial charge >= 0.3 is 0 Å². The fraction of sp³-hybridized carbons (Fsp3) is 0.436. The number of hydrogen-bond acceptors (Lipinski definition) is 9. The first-order valence-corrected chi connectivity index (χ1v) is 25.5. The van der Waals surface area contributed by atoms with Crippen LogP contribution in [0.4, 0.5) is 13.2 Å². The van der Waals surface area contributed by atoms with E-state index < -0.39 is 29.4 Å². The van der Waals surface area contributed by atoms with Crippen molar-refractivity contribution in [2.24, 2.45) is 5.92 Å². The highest BCUT2D eigenvalue weighted by Crippen LogP contribution is 2.30. The molecule has 4 aromatic carbocycles. The molecule has 3 saturated heterocycles. The third-order valence-corrected chi connectivity index (χ3v) is 15.0. The number of nitrogens with one attached hydrogen (secondary N) is 3. The standard InChI is InChI=1S/C55H62F3N9O6/c56-42-17-16-40(47(58)31-42)32-59-33-49(68)67-19-7-12-41(34-67)38-10-6-11-39(30-38)52(70)60-51(37-8-2-1-3-9-37)55(73)66-22-20-63(21-23-66)35-50(69)64-24-26-65(27-25-64)54(72)45-28-36(15-18-46(45)57)29-48-43-13-4-5-14-44(43)53(71)62-61-48/h4-6,10-11,13-18,28,30-31,37,41,51,59H,1-3,7-9,12,19-27,29,32-35H2,(H,60,70)(H,62,71)/t41?,51-/m1/s1. The number of likely N-dealkylation sites (tertiary alicyclic amines) is 1. The Bertz CT molecular complexity index is 2900. The molecule has 1 saturated carbocycles. The van der Waals surface area contributed by atoms with Gasteiger partial charge in [0, 0.05) is 107 Å². The lowest BCUT2D eigenvalue weighted by Gasteiger charge is -2.40. The van der Waals surface area contributed by atoms with Crippen LogP contribution >= 0.6 is 0 Å². The fourth-order valence-electron chi connectivity index (χ4n) is 10.9.